The van der Waals surface area contributed by atoms with Crippen LogP contribution in [-0.4, -0.2) is 34.7 Å². The Labute approximate surface area is 139 Å². The highest BCUT2D eigenvalue weighted by Gasteiger charge is 2.16. The van der Waals surface area contributed by atoms with Gasteiger partial charge in [-0.1, -0.05) is 30.3 Å². The zero-order valence-electron chi connectivity index (χ0n) is 13.0. The summed E-state index contributed by atoms with van der Waals surface area (Å²) in [6.07, 6.45) is 1.18. The number of alkyl carbamates (subject to hydrolysis) is 1. The molecular weight excluding hydrogens is 310 g/mol. The molecule has 0 radical (unpaired) electrons. The molecule has 2 aromatic rings. The van der Waals surface area contributed by atoms with Crippen LogP contribution in [-0.2, 0) is 22.7 Å². The normalized spacial score (nSPS) is 11.4. The van der Waals surface area contributed by atoms with Gasteiger partial charge in [0.05, 0.1) is 6.54 Å². The van der Waals surface area contributed by atoms with E-state index in [2.05, 4.69) is 15.6 Å². The number of amides is 2. The van der Waals surface area contributed by atoms with Gasteiger partial charge in [0.25, 0.3) is 5.91 Å². The van der Waals surface area contributed by atoms with Crippen molar-refractivity contribution in [2.24, 2.45) is 0 Å². The third-order valence-electron chi connectivity index (χ3n) is 3.17. The molecule has 0 aliphatic heterocycles. The fraction of sp³-hybridized carbons (Fsp3) is 0.235. The van der Waals surface area contributed by atoms with Gasteiger partial charge in [-0.05, 0) is 23.3 Å². The second-order valence-corrected chi connectivity index (χ2v) is 5.03. The highest BCUT2D eigenvalue weighted by molar-refractivity contribution is 5.81. The predicted octanol–water partition coefficient (Wildman–Crippen LogP) is 0.985. The third kappa shape index (κ3) is 6.05. The monoisotopic (exact) mass is 329 g/mol. The molecule has 126 valence electrons. The van der Waals surface area contributed by atoms with Crippen LogP contribution in [0.25, 0.3) is 0 Å². The molecule has 1 heterocycles. The van der Waals surface area contributed by atoms with Crippen molar-refractivity contribution < 1.29 is 19.4 Å². The van der Waals surface area contributed by atoms with E-state index in [0.717, 1.165) is 11.1 Å². The molecule has 1 unspecified atom stereocenters. The van der Waals surface area contributed by atoms with Crippen molar-refractivity contribution in [3.05, 3.63) is 66.0 Å². The standard InChI is InChI=1S/C17H19N3O4/c21-15(16(22)19-10-13-6-8-18-9-7-13)11-20-17(23)24-12-14-4-2-1-3-5-14/h1-9,15,21H,10-12H2,(H,19,22)(H,20,23). The van der Waals surface area contributed by atoms with Crippen LogP contribution in [0, 0.1) is 0 Å². The number of benzene rings is 1. The lowest BCUT2D eigenvalue weighted by Crippen LogP contribution is -2.42. The molecule has 3 N–H and O–H groups in total. The Hall–Kier alpha value is -2.93. The third-order valence-corrected chi connectivity index (χ3v) is 3.17. The Bertz CT molecular complexity index is 649. The first-order valence-electron chi connectivity index (χ1n) is 7.44. The molecule has 24 heavy (non-hydrogen) atoms. The van der Waals surface area contributed by atoms with Gasteiger partial charge >= 0.3 is 6.09 Å². The van der Waals surface area contributed by atoms with Crippen LogP contribution in [0.2, 0.25) is 0 Å². The molecule has 0 aliphatic rings. The van der Waals surface area contributed by atoms with E-state index in [9.17, 15) is 14.7 Å². The number of hydrogen-bond acceptors (Lipinski definition) is 5. The van der Waals surface area contributed by atoms with Gasteiger partial charge in [-0.15, -0.1) is 0 Å². The Morgan fingerprint density at radius 1 is 1.04 bits per heavy atom. The largest absolute Gasteiger partial charge is 0.445 e. The van der Waals surface area contributed by atoms with E-state index in [1.54, 1.807) is 24.5 Å². The molecule has 0 bridgehead atoms. The summed E-state index contributed by atoms with van der Waals surface area (Å²) < 4.78 is 4.99. The number of ether oxygens (including phenoxy) is 1. The van der Waals surface area contributed by atoms with Gasteiger partial charge in [0.1, 0.15) is 12.7 Å². The van der Waals surface area contributed by atoms with Crippen molar-refractivity contribution in [2.75, 3.05) is 6.54 Å². The van der Waals surface area contributed by atoms with E-state index in [-0.39, 0.29) is 19.7 Å². The number of carbonyl (C=O) groups is 2. The van der Waals surface area contributed by atoms with Crippen LogP contribution in [0.4, 0.5) is 4.79 Å². The molecule has 1 aromatic carbocycles. The van der Waals surface area contributed by atoms with Crippen molar-refractivity contribution >= 4 is 12.0 Å². The topological polar surface area (TPSA) is 101 Å². The molecule has 0 spiro atoms. The summed E-state index contributed by atoms with van der Waals surface area (Å²) in [7, 11) is 0. The van der Waals surface area contributed by atoms with Crippen LogP contribution in [0.15, 0.2) is 54.9 Å². The first-order chi connectivity index (χ1) is 11.6. The minimum atomic E-state index is -1.35. The zero-order chi connectivity index (χ0) is 17.2. The van der Waals surface area contributed by atoms with Gasteiger partial charge in [-0.25, -0.2) is 4.79 Å². The molecular formula is C17H19N3O4. The number of aliphatic hydroxyl groups is 1. The Balaban J connectivity index is 1.65. The molecule has 0 saturated carbocycles. The second-order valence-electron chi connectivity index (χ2n) is 5.03. The summed E-state index contributed by atoms with van der Waals surface area (Å²) in [5.74, 6) is -0.574. The number of rotatable bonds is 7. The van der Waals surface area contributed by atoms with Crippen LogP contribution in [0.1, 0.15) is 11.1 Å². The first-order valence-corrected chi connectivity index (χ1v) is 7.44. The summed E-state index contributed by atoms with van der Waals surface area (Å²) in [5, 5.41) is 14.7. The van der Waals surface area contributed by atoms with E-state index < -0.39 is 18.1 Å². The fourth-order valence-corrected chi connectivity index (χ4v) is 1.85. The maximum atomic E-state index is 11.7. The van der Waals surface area contributed by atoms with E-state index in [4.69, 9.17) is 4.74 Å². The van der Waals surface area contributed by atoms with Gasteiger partial charge in [-0.3, -0.25) is 9.78 Å². The minimum Gasteiger partial charge on any atom is -0.445 e. The quantitative estimate of drug-likeness (QED) is 0.703. The number of nitrogens with one attached hydrogen (secondary N) is 2. The van der Waals surface area contributed by atoms with Crippen LogP contribution in [0.5, 0.6) is 0 Å². The average Bonchev–Trinajstić information content (AvgIpc) is 2.64. The van der Waals surface area contributed by atoms with Crippen LogP contribution >= 0.6 is 0 Å². The van der Waals surface area contributed by atoms with Crippen molar-refractivity contribution in [1.82, 2.24) is 15.6 Å². The van der Waals surface area contributed by atoms with Gasteiger partial charge in [-0.2, -0.15) is 0 Å². The van der Waals surface area contributed by atoms with Crippen LogP contribution < -0.4 is 10.6 Å². The van der Waals surface area contributed by atoms with E-state index in [0.29, 0.717) is 0 Å². The van der Waals surface area contributed by atoms with Crippen molar-refractivity contribution in [3.8, 4) is 0 Å². The fourth-order valence-electron chi connectivity index (χ4n) is 1.85. The maximum absolute atomic E-state index is 11.7. The van der Waals surface area contributed by atoms with Gasteiger partial charge in [0.15, 0.2) is 0 Å². The summed E-state index contributed by atoms with van der Waals surface area (Å²) >= 11 is 0. The number of nitrogens with zero attached hydrogens (tertiary/aromatic N) is 1. The molecule has 2 rings (SSSR count). The lowest BCUT2D eigenvalue weighted by Gasteiger charge is -2.12. The molecule has 0 aliphatic carbocycles. The van der Waals surface area contributed by atoms with E-state index in [1.165, 1.54) is 0 Å². The zero-order valence-corrected chi connectivity index (χ0v) is 13.0. The molecule has 7 nitrogen and oxygen atoms in total. The lowest BCUT2D eigenvalue weighted by molar-refractivity contribution is -0.129. The smallest absolute Gasteiger partial charge is 0.407 e. The van der Waals surface area contributed by atoms with Gasteiger partial charge in [0.2, 0.25) is 0 Å². The number of aromatic nitrogens is 1. The summed E-state index contributed by atoms with van der Waals surface area (Å²) in [6.45, 7) is 0.170. The average molecular weight is 329 g/mol. The molecule has 0 fully saturated rings. The van der Waals surface area contributed by atoms with Crippen LogP contribution in [0.3, 0.4) is 0 Å². The van der Waals surface area contributed by atoms with Crippen molar-refractivity contribution in [1.29, 1.82) is 0 Å². The second kappa shape index (κ2) is 9.26. The molecule has 2 amide bonds. The van der Waals surface area contributed by atoms with Gasteiger partial charge < -0.3 is 20.5 Å². The summed E-state index contributed by atoms with van der Waals surface area (Å²) in [5.41, 5.74) is 1.71. The molecule has 1 aromatic heterocycles. The van der Waals surface area contributed by atoms with E-state index in [1.807, 2.05) is 30.3 Å². The Morgan fingerprint density at radius 3 is 2.46 bits per heavy atom. The lowest BCUT2D eigenvalue weighted by atomic mass is 10.2. The molecule has 7 heteroatoms. The number of pyridine rings is 1. The number of hydrogen-bond donors (Lipinski definition) is 3. The van der Waals surface area contributed by atoms with E-state index >= 15 is 0 Å². The minimum absolute atomic E-state index is 0.122. The number of carbonyl (C=O) groups excluding carboxylic acids is 2. The number of aliphatic hydroxyl groups excluding tert-OH is 1. The van der Waals surface area contributed by atoms with Crippen molar-refractivity contribution in [3.63, 3.8) is 0 Å². The Kier molecular flexibility index (Phi) is 6.73. The van der Waals surface area contributed by atoms with Gasteiger partial charge in [0, 0.05) is 18.9 Å². The Morgan fingerprint density at radius 2 is 1.75 bits per heavy atom. The predicted molar refractivity (Wildman–Crippen MR) is 86.7 cm³/mol. The first kappa shape index (κ1) is 17.4. The highest BCUT2D eigenvalue weighted by Crippen LogP contribution is 2.00. The van der Waals surface area contributed by atoms with Crippen molar-refractivity contribution in [2.45, 2.75) is 19.3 Å². The summed E-state index contributed by atoms with van der Waals surface area (Å²) in [4.78, 5) is 27.2. The maximum Gasteiger partial charge on any atom is 0.407 e. The summed E-state index contributed by atoms with van der Waals surface area (Å²) in [6, 6.07) is 12.7. The highest BCUT2D eigenvalue weighted by atomic mass is 16.5. The SMILES string of the molecule is O=C(NCC(O)C(=O)NCc1ccncc1)OCc1ccccc1. The molecule has 1 atom stereocenters. The molecule has 0 saturated heterocycles.